The summed E-state index contributed by atoms with van der Waals surface area (Å²) in [5, 5.41) is 0. The number of hydrogen-bond acceptors (Lipinski definition) is 3. The molecule has 3 atom stereocenters. The molecule has 3 nitrogen and oxygen atoms in total. The number of aromatic nitrogens is 1. The van der Waals surface area contributed by atoms with Crippen molar-refractivity contribution in [1.29, 1.82) is 0 Å². The highest BCUT2D eigenvalue weighted by Crippen LogP contribution is 2.46. The summed E-state index contributed by atoms with van der Waals surface area (Å²) >= 11 is 0. The molecule has 2 aromatic rings. The first-order chi connectivity index (χ1) is 9.79. The normalized spacial score (nSPS) is 30.3. The second-order valence-electron chi connectivity index (χ2n) is 6.59. The largest absolute Gasteiger partial charge is 0.440 e. The predicted molar refractivity (Wildman–Crippen MR) is 80.5 cm³/mol. The Balaban J connectivity index is 1.59. The molecule has 0 amide bonds. The molecule has 106 valence electrons. The van der Waals surface area contributed by atoms with E-state index < -0.39 is 0 Å². The van der Waals surface area contributed by atoms with Crippen LogP contribution in [-0.4, -0.2) is 4.98 Å². The fourth-order valence-corrected chi connectivity index (χ4v) is 4.23. The molecule has 4 rings (SSSR count). The lowest BCUT2D eigenvalue weighted by Crippen LogP contribution is -2.26. The fourth-order valence-electron chi connectivity index (χ4n) is 4.23. The smallest absolute Gasteiger partial charge is 0.198 e. The number of oxazole rings is 1. The SMILES string of the molecule is Nc1ccc2oc(C3CCC4CCCCC4C3)nc2c1. The zero-order chi connectivity index (χ0) is 13.5. The minimum absolute atomic E-state index is 0.517. The summed E-state index contributed by atoms with van der Waals surface area (Å²) in [4.78, 5) is 4.69. The molecule has 1 heterocycles. The van der Waals surface area contributed by atoms with Crippen LogP contribution in [0.1, 0.15) is 56.8 Å². The Morgan fingerprint density at radius 1 is 1.05 bits per heavy atom. The average molecular weight is 270 g/mol. The van der Waals surface area contributed by atoms with Crippen LogP contribution >= 0.6 is 0 Å². The predicted octanol–water partition coefficient (Wildman–Crippen LogP) is 4.48. The number of rotatable bonds is 1. The van der Waals surface area contributed by atoms with Crippen LogP contribution in [0.4, 0.5) is 5.69 Å². The molecule has 1 aromatic carbocycles. The average Bonchev–Trinajstić information content (AvgIpc) is 2.89. The Morgan fingerprint density at radius 2 is 1.90 bits per heavy atom. The van der Waals surface area contributed by atoms with Crippen LogP contribution in [0.5, 0.6) is 0 Å². The van der Waals surface area contributed by atoms with E-state index in [1.165, 1.54) is 44.9 Å². The third kappa shape index (κ3) is 2.09. The van der Waals surface area contributed by atoms with Crippen molar-refractivity contribution >= 4 is 16.8 Å². The Labute approximate surface area is 119 Å². The number of anilines is 1. The first-order valence-electron chi connectivity index (χ1n) is 7.95. The van der Waals surface area contributed by atoms with E-state index in [1.807, 2.05) is 18.2 Å². The number of nitrogens with zero attached hydrogens (tertiary/aromatic N) is 1. The summed E-state index contributed by atoms with van der Waals surface area (Å²) in [5.41, 5.74) is 8.36. The number of nitrogen functional groups attached to an aromatic ring is 1. The van der Waals surface area contributed by atoms with Crippen molar-refractivity contribution in [1.82, 2.24) is 4.98 Å². The van der Waals surface area contributed by atoms with Crippen LogP contribution in [0.2, 0.25) is 0 Å². The van der Waals surface area contributed by atoms with E-state index in [-0.39, 0.29) is 0 Å². The van der Waals surface area contributed by atoms with Crippen molar-refractivity contribution in [2.24, 2.45) is 11.8 Å². The molecule has 2 saturated carbocycles. The molecule has 0 bridgehead atoms. The molecule has 0 spiro atoms. The van der Waals surface area contributed by atoms with Gasteiger partial charge in [0.15, 0.2) is 11.5 Å². The summed E-state index contributed by atoms with van der Waals surface area (Å²) in [5.74, 6) is 3.33. The molecule has 2 N–H and O–H groups in total. The van der Waals surface area contributed by atoms with Crippen LogP contribution in [-0.2, 0) is 0 Å². The van der Waals surface area contributed by atoms with Crippen LogP contribution in [0.25, 0.3) is 11.1 Å². The molecule has 2 aliphatic rings. The Morgan fingerprint density at radius 3 is 2.80 bits per heavy atom. The molecule has 3 heteroatoms. The van der Waals surface area contributed by atoms with Gasteiger partial charge in [-0.1, -0.05) is 25.7 Å². The topological polar surface area (TPSA) is 52.0 Å². The zero-order valence-electron chi connectivity index (χ0n) is 11.8. The van der Waals surface area contributed by atoms with E-state index in [0.717, 1.165) is 34.5 Å². The van der Waals surface area contributed by atoms with Gasteiger partial charge < -0.3 is 10.2 Å². The maximum absolute atomic E-state index is 5.98. The van der Waals surface area contributed by atoms with Gasteiger partial charge in [0, 0.05) is 11.6 Å². The zero-order valence-corrected chi connectivity index (χ0v) is 11.8. The monoisotopic (exact) mass is 270 g/mol. The van der Waals surface area contributed by atoms with E-state index in [1.54, 1.807) is 0 Å². The third-order valence-corrected chi connectivity index (χ3v) is 5.32. The van der Waals surface area contributed by atoms with Crippen molar-refractivity contribution in [2.75, 3.05) is 5.73 Å². The quantitative estimate of drug-likeness (QED) is 0.777. The van der Waals surface area contributed by atoms with Crippen molar-refractivity contribution in [3.8, 4) is 0 Å². The number of nitrogens with two attached hydrogens (primary N) is 1. The summed E-state index contributed by atoms with van der Waals surface area (Å²) in [6, 6.07) is 5.73. The Hall–Kier alpha value is -1.51. The van der Waals surface area contributed by atoms with Crippen molar-refractivity contribution < 1.29 is 4.42 Å². The molecule has 1 aromatic heterocycles. The maximum atomic E-state index is 5.98. The van der Waals surface area contributed by atoms with Gasteiger partial charge in [-0.15, -0.1) is 0 Å². The van der Waals surface area contributed by atoms with Crippen LogP contribution in [0.15, 0.2) is 22.6 Å². The number of hydrogen-bond donors (Lipinski definition) is 1. The van der Waals surface area contributed by atoms with Crippen molar-refractivity contribution in [3.05, 3.63) is 24.1 Å². The van der Waals surface area contributed by atoms with Crippen LogP contribution < -0.4 is 5.73 Å². The van der Waals surface area contributed by atoms with E-state index in [9.17, 15) is 0 Å². The van der Waals surface area contributed by atoms with Gasteiger partial charge in [0.05, 0.1) is 0 Å². The summed E-state index contributed by atoms with van der Waals surface area (Å²) in [7, 11) is 0. The highest BCUT2D eigenvalue weighted by Gasteiger charge is 2.34. The molecule has 20 heavy (non-hydrogen) atoms. The molecule has 3 unspecified atom stereocenters. The van der Waals surface area contributed by atoms with Crippen LogP contribution in [0, 0.1) is 11.8 Å². The second kappa shape index (κ2) is 4.80. The molecule has 0 saturated heterocycles. The van der Waals surface area contributed by atoms with Gasteiger partial charge in [0.1, 0.15) is 5.52 Å². The maximum Gasteiger partial charge on any atom is 0.198 e. The Kier molecular flexibility index (Phi) is 2.94. The molecule has 2 aliphatic carbocycles. The third-order valence-electron chi connectivity index (χ3n) is 5.32. The van der Waals surface area contributed by atoms with Crippen LogP contribution in [0.3, 0.4) is 0 Å². The van der Waals surface area contributed by atoms with Gasteiger partial charge in [-0.05, 0) is 49.3 Å². The first kappa shape index (κ1) is 12.2. The van der Waals surface area contributed by atoms with Gasteiger partial charge in [-0.3, -0.25) is 0 Å². The lowest BCUT2D eigenvalue weighted by Gasteiger charge is -2.38. The summed E-state index contributed by atoms with van der Waals surface area (Å²) < 4.78 is 5.98. The van der Waals surface area contributed by atoms with Gasteiger partial charge in [-0.2, -0.15) is 0 Å². The molecular formula is C17H22N2O. The van der Waals surface area contributed by atoms with Crippen molar-refractivity contribution in [2.45, 2.75) is 50.9 Å². The molecular weight excluding hydrogens is 248 g/mol. The number of benzene rings is 1. The van der Waals surface area contributed by atoms with E-state index in [2.05, 4.69) is 4.98 Å². The van der Waals surface area contributed by atoms with Gasteiger partial charge >= 0.3 is 0 Å². The fraction of sp³-hybridized carbons (Fsp3) is 0.588. The first-order valence-corrected chi connectivity index (χ1v) is 7.95. The van der Waals surface area contributed by atoms with Gasteiger partial charge in [0.25, 0.3) is 0 Å². The molecule has 0 radical (unpaired) electrons. The van der Waals surface area contributed by atoms with E-state index in [0.29, 0.717) is 5.92 Å². The van der Waals surface area contributed by atoms with E-state index >= 15 is 0 Å². The minimum Gasteiger partial charge on any atom is -0.440 e. The molecule has 0 aliphatic heterocycles. The van der Waals surface area contributed by atoms with Gasteiger partial charge in [-0.25, -0.2) is 4.98 Å². The Bertz CT molecular complexity index is 618. The lowest BCUT2D eigenvalue weighted by atomic mass is 9.67. The lowest BCUT2D eigenvalue weighted by molar-refractivity contribution is 0.147. The highest BCUT2D eigenvalue weighted by molar-refractivity contribution is 5.76. The van der Waals surface area contributed by atoms with E-state index in [4.69, 9.17) is 10.2 Å². The molecule has 2 fully saturated rings. The standard InChI is InChI=1S/C17H22N2O/c18-14-7-8-16-15(10-14)19-17(20-16)13-6-5-11-3-1-2-4-12(11)9-13/h7-8,10-13H,1-6,9,18H2. The second-order valence-corrected chi connectivity index (χ2v) is 6.59. The highest BCUT2D eigenvalue weighted by atomic mass is 16.3. The summed E-state index contributed by atoms with van der Waals surface area (Å²) in [6.45, 7) is 0. The van der Waals surface area contributed by atoms with Crippen molar-refractivity contribution in [3.63, 3.8) is 0 Å². The minimum atomic E-state index is 0.517. The van der Waals surface area contributed by atoms with Gasteiger partial charge in [0.2, 0.25) is 0 Å². The summed E-state index contributed by atoms with van der Waals surface area (Å²) in [6.07, 6.45) is 9.58. The number of fused-ring (bicyclic) bond motifs is 2.